The summed E-state index contributed by atoms with van der Waals surface area (Å²) in [5, 5.41) is 0. The molecule has 2 saturated carbocycles. The van der Waals surface area contributed by atoms with Crippen molar-refractivity contribution in [2.45, 2.75) is 55.3 Å². The predicted octanol–water partition coefficient (Wildman–Crippen LogP) is 4.17. The molecule has 2 rings (SSSR count). The number of rotatable bonds is 0. The molecule has 2 atom stereocenters. The zero-order valence-corrected chi connectivity index (χ0v) is 9.92. The van der Waals surface area contributed by atoms with E-state index >= 15 is 0 Å². The van der Waals surface area contributed by atoms with Gasteiger partial charge in [-0.25, -0.2) is 0 Å². The van der Waals surface area contributed by atoms with Crippen LogP contribution in [0.25, 0.3) is 0 Å². The molecule has 0 spiro atoms. The van der Waals surface area contributed by atoms with Crippen LogP contribution in [0.5, 0.6) is 0 Å². The standard InChI is InChI=1S/C11H19I/c12-11-7-5-9-3-1-2-4-10(9)6-8-11/h9-11H,1-8H2. The van der Waals surface area contributed by atoms with E-state index in [0.29, 0.717) is 0 Å². The van der Waals surface area contributed by atoms with Gasteiger partial charge in [-0.05, 0) is 37.5 Å². The second-order valence-electron chi connectivity index (χ2n) is 4.56. The van der Waals surface area contributed by atoms with Crippen LogP contribution >= 0.6 is 22.6 Å². The maximum absolute atomic E-state index is 2.65. The Morgan fingerprint density at radius 1 is 0.667 bits per heavy atom. The Hall–Kier alpha value is 0.730. The van der Waals surface area contributed by atoms with Crippen molar-refractivity contribution in [1.29, 1.82) is 0 Å². The third kappa shape index (κ3) is 2.15. The fourth-order valence-corrected chi connectivity index (χ4v) is 3.70. The highest BCUT2D eigenvalue weighted by Crippen LogP contribution is 2.40. The summed E-state index contributed by atoms with van der Waals surface area (Å²) in [4.78, 5) is 0. The van der Waals surface area contributed by atoms with Crippen molar-refractivity contribution in [3.05, 3.63) is 0 Å². The minimum atomic E-state index is 0.994. The zero-order valence-electron chi connectivity index (χ0n) is 7.77. The van der Waals surface area contributed by atoms with E-state index in [1.165, 1.54) is 38.5 Å². The SMILES string of the molecule is IC1CCC2CCCCC2CC1. The van der Waals surface area contributed by atoms with Gasteiger partial charge in [-0.1, -0.05) is 48.3 Å². The van der Waals surface area contributed by atoms with Crippen molar-refractivity contribution in [2.75, 3.05) is 0 Å². The van der Waals surface area contributed by atoms with E-state index in [1.54, 1.807) is 12.8 Å². The Labute approximate surface area is 89.6 Å². The number of hydrogen-bond donors (Lipinski definition) is 0. The Morgan fingerprint density at radius 2 is 1.17 bits per heavy atom. The summed E-state index contributed by atoms with van der Waals surface area (Å²) < 4.78 is 0.994. The molecule has 0 heterocycles. The Morgan fingerprint density at radius 3 is 1.67 bits per heavy atom. The van der Waals surface area contributed by atoms with Gasteiger partial charge >= 0.3 is 0 Å². The molecule has 1 heteroatoms. The molecule has 0 aromatic rings. The van der Waals surface area contributed by atoms with E-state index in [0.717, 1.165) is 15.8 Å². The third-order valence-corrected chi connectivity index (χ3v) is 5.01. The molecule has 0 nitrogen and oxygen atoms in total. The molecule has 0 saturated heterocycles. The summed E-state index contributed by atoms with van der Waals surface area (Å²) >= 11 is 2.65. The Kier molecular flexibility index (Phi) is 3.33. The van der Waals surface area contributed by atoms with E-state index < -0.39 is 0 Å². The van der Waals surface area contributed by atoms with E-state index in [1.807, 2.05) is 0 Å². The van der Waals surface area contributed by atoms with Crippen molar-refractivity contribution in [1.82, 2.24) is 0 Å². The first-order valence-corrected chi connectivity index (χ1v) is 6.75. The lowest BCUT2D eigenvalue weighted by Crippen LogP contribution is -2.17. The fourth-order valence-electron chi connectivity index (χ4n) is 2.98. The normalized spacial score (nSPS) is 43.2. The van der Waals surface area contributed by atoms with Crippen molar-refractivity contribution < 1.29 is 0 Å². The minimum Gasteiger partial charge on any atom is -0.0826 e. The van der Waals surface area contributed by atoms with Crippen LogP contribution in [0.4, 0.5) is 0 Å². The Balaban J connectivity index is 1.94. The van der Waals surface area contributed by atoms with Gasteiger partial charge in [0.15, 0.2) is 0 Å². The molecule has 70 valence electrons. The van der Waals surface area contributed by atoms with Crippen LogP contribution in [0.3, 0.4) is 0 Å². The topological polar surface area (TPSA) is 0 Å². The van der Waals surface area contributed by atoms with E-state index in [-0.39, 0.29) is 0 Å². The largest absolute Gasteiger partial charge is 0.0826 e. The minimum absolute atomic E-state index is 0.994. The number of alkyl halides is 1. The van der Waals surface area contributed by atoms with Gasteiger partial charge in [0, 0.05) is 3.92 Å². The first kappa shape index (κ1) is 9.29. The predicted molar refractivity (Wildman–Crippen MR) is 61.7 cm³/mol. The molecule has 2 aliphatic carbocycles. The summed E-state index contributed by atoms with van der Waals surface area (Å²) in [6.07, 6.45) is 12.2. The second kappa shape index (κ2) is 4.30. The smallest absolute Gasteiger partial charge is 0.0110 e. The van der Waals surface area contributed by atoms with Gasteiger partial charge in [0.2, 0.25) is 0 Å². The Bertz CT molecular complexity index is 128. The van der Waals surface area contributed by atoms with E-state index in [2.05, 4.69) is 22.6 Å². The molecule has 0 aliphatic heterocycles. The zero-order chi connectivity index (χ0) is 8.39. The molecular formula is C11H19I. The lowest BCUT2D eigenvalue weighted by molar-refractivity contribution is 0.224. The average molecular weight is 278 g/mol. The van der Waals surface area contributed by atoms with Crippen LogP contribution in [-0.2, 0) is 0 Å². The monoisotopic (exact) mass is 278 g/mol. The fraction of sp³-hybridized carbons (Fsp3) is 1.00. The van der Waals surface area contributed by atoms with Crippen molar-refractivity contribution in [2.24, 2.45) is 11.8 Å². The highest BCUT2D eigenvalue weighted by molar-refractivity contribution is 14.1. The number of hydrogen-bond acceptors (Lipinski definition) is 0. The summed E-state index contributed by atoms with van der Waals surface area (Å²) in [7, 11) is 0. The molecule has 0 aromatic heterocycles. The van der Waals surface area contributed by atoms with Gasteiger partial charge in [0.1, 0.15) is 0 Å². The molecule has 2 aliphatic rings. The van der Waals surface area contributed by atoms with Crippen molar-refractivity contribution in [3.8, 4) is 0 Å². The van der Waals surface area contributed by atoms with E-state index in [9.17, 15) is 0 Å². The second-order valence-corrected chi connectivity index (χ2v) is 6.32. The van der Waals surface area contributed by atoms with Crippen molar-refractivity contribution >= 4 is 22.6 Å². The van der Waals surface area contributed by atoms with Gasteiger partial charge in [-0.2, -0.15) is 0 Å². The molecular weight excluding hydrogens is 259 g/mol. The molecule has 0 N–H and O–H groups in total. The summed E-state index contributed by atoms with van der Waals surface area (Å²) in [6.45, 7) is 0. The molecule has 0 aromatic carbocycles. The van der Waals surface area contributed by atoms with E-state index in [4.69, 9.17) is 0 Å². The summed E-state index contributed by atoms with van der Waals surface area (Å²) in [6, 6.07) is 0. The van der Waals surface area contributed by atoms with Crippen LogP contribution in [0, 0.1) is 11.8 Å². The lowest BCUT2D eigenvalue weighted by Gasteiger charge is -2.29. The quantitative estimate of drug-likeness (QED) is 0.461. The molecule has 2 fully saturated rings. The molecule has 0 bridgehead atoms. The van der Waals surface area contributed by atoms with Gasteiger partial charge in [-0.3, -0.25) is 0 Å². The molecule has 0 amide bonds. The molecule has 12 heavy (non-hydrogen) atoms. The summed E-state index contributed by atoms with van der Waals surface area (Å²) in [5.41, 5.74) is 0. The van der Waals surface area contributed by atoms with Crippen LogP contribution in [0.1, 0.15) is 51.4 Å². The molecule has 0 radical (unpaired) electrons. The number of halogens is 1. The van der Waals surface area contributed by atoms with Gasteiger partial charge < -0.3 is 0 Å². The maximum atomic E-state index is 2.65. The highest BCUT2D eigenvalue weighted by atomic mass is 127. The van der Waals surface area contributed by atoms with Gasteiger partial charge in [0.25, 0.3) is 0 Å². The third-order valence-electron chi connectivity index (χ3n) is 3.77. The van der Waals surface area contributed by atoms with Gasteiger partial charge in [0.05, 0.1) is 0 Å². The molecule has 2 unspecified atom stereocenters. The lowest BCUT2D eigenvalue weighted by atomic mass is 9.77. The van der Waals surface area contributed by atoms with Crippen LogP contribution in [-0.4, -0.2) is 3.92 Å². The van der Waals surface area contributed by atoms with Crippen molar-refractivity contribution in [3.63, 3.8) is 0 Å². The number of fused-ring (bicyclic) bond motifs is 1. The first-order chi connectivity index (χ1) is 5.86. The van der Waals surface area contributed by atoms with Crippen LogP contribution in [0.15, 0.2) is 0 Å². The van der Waals surface area contributed by atoms with Gasteiger partial charge in [-0.15, -0.1) is 0 Å². The first-order valence-electron chi connectivity index (χ1n) is 5.50. The highest BCUT2D eigenvalue weighted by Gasteiger charge is 2.28. The van der Waals surface area contributed by atoms with Crippen LogP contribution < -0.4 is 0 Å². The summed E-state index contributed by atoms with van der Waals surface area (Å²) in [5.74, 6) is 2.25. The average Bonchev–Trinajstić information content (AvgIpc) is 2.29. The van der Waals surface area contributed by atoms with Crippen LogP contribution in [0.2, 0.25) is 0 Å². The maximum Gasteiger partial charge on any atom is 0.0110 e.